The first-order valence-corrected chi connectivity index (χ1v) is 7.85. The zero-order chi connectivity index (χ0) is 22.1. The van der Waals surface area contributed by atoms with Crippen LogP contribution in [0.1, 0.15) is 5.69 Å². The first-order valence-electron chi connectivity index (χ1n) is 7.85. The molecule has 0 saturated heterocycles. The molecule has 0 spiro atoms. The fourth-order valence-corrected chi connectivity index (χ4v) is 2.13. The molecular formula is C15H10F7N7O. The van der Waals surface area contributed by atoms with Gasteiger partial charge in [0.05, 0.1) is 0 Å². The lowest BCUT2D eigenvalue weighted by Crippen LogP contribution is -2.27. The highest BCUT2D eigenvalue weighted by Gasteiger charge is 2.34. The van der Waals surface area contributed by atoms with Gasteiger partial charge in [0.15, 0.2) is 5.69 Å². The van der Waals surface area contributed by atoms with Gasteiger partial charge in [0, 0.05) is 18.0 Å². The molecule has 15 heteroatoms. The Bertz CT molecular complexity index is 1030. The number of rotatable bonds is 6. The second-order valence-corrected chi connectivity index (χ2v) is 5.73. The maximum atomic E-state index is 13.3. The lowest BCUT2D eigenvalue weighted by atomic mass is 10.3. The SMILES string of the molecule is OC(F)(F)CNc1nc(Nc2cc(F)cc(F)c2)nc(-n2ccc(C(F)(F)F)n2)n1. The molecule has 0 atom stereocenters. The smallest absolute Gasteiger partial charge is 0.345 e. The van der Waals surface area contributed by atoms with E-state index in [9.17, 15) is 30.7 Å². The Morgan fingerprint density at radius 1 is 0.933 bits per heavy atom. The van der Waals surface area contributed by atoms with E-state index in [4.69, 9.17) is 5.11 Å². The van der Waals surface area contributed by atoms with Crippen molar-refractivity contribution in [3.8, 4) is 5.95 Å². The molecule has 3 N–H and O–H groups in total. The third kappa shape index (κ3) is 5.53. The quantitative estimate of drug-likeness (QED) is 0.510. The number of anilines is 3. The summed E-state index contributed by atoms with van der Waals surface area (Å²) in [5, 5.41) is 16.1. The van der Waals surface area contributed by atoms with E-state index in [-0.39, 0.29) is 5.69 Å². The van der Waals surface area contributed by atoms with E-state index in [1.165, 1.54) is 0 Å². The first kappa shape index (κ1) is 21.2. The minimum Gasteiger partial charge on any atom is -0.345 e. The zero-order valence-corrected chi connectivity index (χ0v) is 14.4. The topological polar surface area (TPSA) is 101 Å². The van der Waals surface area contributed by atoms with Gasteiger partial charge in [-0.2, -0.15) is 42.0 Å². The molecular weight excluding hydrogens is 427 g/mol. The molecule has 1 aromatic carbocycles. The van der Waals surface area contributed by atoms with E-state index in [0.29, 0.717) is 16.8 Å². The van der Waals surface area contributed by atoms with Crippen molar-refractivity contribution in [1.82, 2.24) is 24.7 Å². The van der Waals surface area contributed by atoms with Crippen molar-refractivity contribution in [1.29, 1.82) is 0 Å². The van der Waals surface area contributed by atoms with Crippen LogP contribution in [0.5, 0.6) is 0 Å². The van der Waals surface area contributed by atoms with Crippen LogP contribution in [0.3, 0.4) is 0 Å². The fraction of sp³-hybridized carbons (Fsp3) is 0.200. The minimum absolute atomic E-state index is 0.181. The summed E-state index contributed by atoms with van der Waals surface area (Å²) < 4.78 is 90.9. The van der Waals surface area contributed by atoms with Gasteiger partial charge in [0.1, 0.15) is 18.2 Å². The number of nitrogens with one attached hydrogen (secondary N) is 2. The molecule has 2 heterocycles. The van der Waals surface area contributed by atoms with Gasteiger partial charge in [-0.15, -0.1) is 0 Å². The van der Waals surface area contributed by atoms with Gasteiger partial charge in [-0.3, -0.25) is 0 Å². The summed E-state index contributed by atoms with van der Waals surface area (Å²) in [6.45, 7) is -1.34. The van der Waals surface area contributed by atoms with Crippen LogP contribution in [-0.2, 0) is 6.18 Å². The van der Waals surface area contributed by atoms with Gasteiger partial charge >= 0.3 is 12.3 Å². The highest BCUT2D eigenvalue weighted by atomic mass is 19.4. The van der Waals surface area contributed by atoms with E-state index >= 15 is 0 Å². The van der Waals surface area contributed by atoms with E-state index in [0.717, 1.165) is 18.3 Å². The van der Waals surface area contributed by atoms with Crippen LogP contribution in [0.25, 0.3) is 5.95 Å². The summed E-state index contributed by atoms with van der Waals surface area (Å²) in [5.41, 5.74) is -1.46. The highest BCUT2D eigenvalue weighted by Crippen LogP contribution is 2.28. The predicted molar refractivity (Wildman–Crippen MR) is 87.2 cm³/mol. The summed E-state index contributed by atoms with van der Waals surface area (Å²) in [6.07, 6.45) is -8.06. The summed E-state index contributed by atoms with van der Waals surface area (Å²) in [6, 6.07) is 2.92. The second-order valence-electron chi connectivity index (χ2n) is 5.73. The number of nitrogens with zero attached hydrogens (tertiary/aromatic N) is 5. The van der Waals surface area contributed by atoms with Crippen LogP contribution < -0.4 is 10.6 Å². The standard InChI is InChI=1S/C15H10F7N7O/c16-7-3-8(17)5-9(4-7)24-12-25-11(23-6-14(18,19)30)26-13(27-12)29-2-1-10(28-29)15(20,21)22/h1-5,30H,6H2,(H2,23,24,25,26,27). The van der Waals surface area contributed by atoms with Crippen molar-refractivity contribution in [2.24, 2.45) is 0 Å². The Hall–Kier alpha value is -3.49. The molecule has 0 aliphatic heterocycles. The molecule has 0 radical (unpaired) electrons. The van der Waals surface area contributed by atoms with E-state index < -0.39 is 54.0 Å². The van der Waals surface area contributed by atoms with E-state index in [2.05, 4.69) is 25.4 Å². The molecule has 0 aliphatic carbocycles. The van der Waals surface area contributed by atoms with Crippen molar-refractivity contribution in [3.05, 3.63) is 47.8 Å². The number of alkyl halides is 5. The molecule has 0 saturated carbocycles. The largest absolute Gasteiger partial charge is 0.435 e. The van der Waals surface area contributed by atoms with Gasteiger partial charge in [-0.1, -0.05) is 0 Å². The number of benzene rings is 1. The van der Waals surface area contributed by atoms with Crippen LogP contribution in [-0.4, -0.2) is 42.5 Å². The molecule has 0 fully saturated rings. The number of aliphatic hydroxyl groups is 1. The first-order chi connectivity index (χ1) is 13.9. The molecule has 0 bridgehead atoms. The van der Waals surface area contributed by atoms with Crippen molar-refractivity contribution >= 4 is 17.6 Å². The van der Waals surface area contributed by atoms with E-state index in [1.807, 2.05) is 5.32 Å². The molecule has 160 valence electrons. The maximum absolute atomic E-state index is 13.3. The van der Waals surface area contributed by atoms with Crippen LogP contribution in [0.4, 0.5) is 48.3 Å². The van der Waals surface area contributed by atoms with Crippen LogP contribution in [0, 0.1) is 11.6 Å². The Labute approximate surface area is 162 Å². The minimum atomic E-state index is -4.77. The van der Waals surface area contributed by atoms with Crippen molar-refractivity contribution in [2.75, 3.05) is 17.2 Å². The Kier molecular flexibility index (Phi) is 5.47. The molecule has 8 nitrogen and oxygen atoms in total. The molecule has 0 unspecified atom stereocenters. The third-order valence-corrected chi connectivity index (χ3v) is 3.29. The Balaban J connectivity index is 1.98. The summed E-state index contributed by atoms with van der Waals surface area (Å²) in [7, 11) is 0. The predicted octanol–water partition coefficient (Wildman–Crippen LogP) is 3.09. The van der Waals surface area contributed by atoms with Crippen LogP contribution >= 0.6 is 0 Å². The second kappa shape index (κ2) is 7.74. The lowest BCUT2D eigenvalue weighted by molar-refractivity contribution is -0.186. The highest BCUT2D eigenvalue weighted by molar-refractivity contribution is 5.54. The maximum Gasteiger partial charge on any atom is 0.435 e. The van der Waals surface area contributed by atoms with E-state index in [1.54, 1.807) is 0 Å². The fourth-order valence-electron chi connectivity index (χ4n) is 2.13. The normalized spacial score (nSPS) is 12.1. The Morgan fingerprint density at radius 3 is 2.13 bits per heavy atom. The molecule has 0 amide bonds. The monoisotopic (exact) mass is 437 g/mol. The van der Waals surface area contributed by atoms with Gasteiger partial charge in [0.2, 0.25) is 11.9 Å². The molecule has 3 aromatic rings. The average Bonchev–Trinajstić information content (AvgIpc) is 3.09. The molecule has 0 aliphatic rings. The van der Waals surface area contributed by atoms with Crippen LogP contribution in [0.15, 0.2) is 30.5 Å². The van der Waals surface area contributed by atoms with Gasteiger partial charge in [0.25, 0.3) is 5.95 Å². The number of aromatic nitrogens is 5. The van der Waals surface area contributed by atoms with Crippen molar-refractivity contribution in [2.45, 2.75) is 12.3 Å². The zero-order valence-electron chi connectivity index (χ0n) is 14.4. The van der Waals surface area contributed by atoms with Gasteiger partial charge < -0.3 is 15.7 Å². The molecule has 3 rings (SSSR count). The van der Waals surface area contributed by atoms with Crippen molar-refractivity contribution in [3.63, 3.8) is 0 Å². The molecule has 30 heavy (non-hydrogen) atoms. The molecule has 2 aromatic heterocycles. The lowest BCUT2D eigenvalue weighted by Gasteiger charge is -2.12. The summed E-state index contributed by atoms with van der Waals surface area (Å²) >= 11 is 0. The number of hydrogen-bond donors (Lipinski definition) is 3. The van der Waals surface area contributed by atoms with Crippen LogP contribution in [0.2, 0.25) is 0 Å². The number of halogens is 7. The summed E-state index contributed by atoms with van der Waals surface area (Å²) in [5.74, 6) is -3.49. The average molecular weight is 437 g/mol. The van der Waals surface area contributed by atoms with Gasteiger partial charge in [-0.25, -0.2) is 13.5 Å². The third-order valence-electron chi connectivity index (χ3n) is 3.29. The Morgan fingerprint density at radius 2 is 1.57 bits per heavy atom. The summed E-state index contributed by atoms with van der Waals surface area (Å²) in [4.78, 5) is 11.1. The van der Waals surface area contributed by atoms with Crippen molar-refractivity contribution < 1.29 is 35.8 Å². The number of hydrogen-bond acceptors (Lipinski definition) is 7. The van der Waals surface area contributed by atoms with Gasteiger partial charge in [-0.05, 0) is 18.2 Å².